The number of nitrogens with zero attached hydrogens (tertiary/aromatic N) is 1. The fourth-order valence-corrected chi connectivity index (χ4v) is 3.73. The number of rotatable bonds is 5. The summed E-state index contributed by atoms with van der Waals surface area (Å²) >= 11 is 1.35. The smallest absolute Gasteiger partial charge is 0.250 e. The second-order valence-corrected chi connectivity index (χ2v) is 7.09. The van der Waals surface area contributed by atoms with Gasteiger partial charge in [-0.15, -0.1) is 0 Å². The van der Waals surface area contributed by atoms with Gasteiger partial charge in [0.05, 0.1) is 16.9 Å². The second-order valence-electron chi connectivity index (χ2n) is 6.28. The summed E-state index contributed by atoms with van der Waals surface area (Å²) in [6, 6.07) is 7.90. The molecule has 2 aromatic rings. The summed E-state index contributed by atoms with van der Waals surface area (Å²) in [5, 5.41) is 7.62. The average molecular weight is 345 g/mol. The Morgan fingerprint density at radius 1 is 1.29 bits per heavy atom. The zero-order valence-corrected chi connectivity index (χ0v) is 14.5. The SMILES string of the molecule is Cc1cc(Nc2cc(N[C@@H]3CCCC[C@@H]3N)ccc2C(N)=O)sn1. The fraction of sp³-hybridized carbons (Fsp3) is 0.412. The highest BCUT2D eigenvalue weighted by Crippen LogP contribution is 2.29. The Morgan fingerprint density at radius 3 is 2.75 bits per heavy atom. The number of aryl methyl sites for hydroxylation is 1. The predicted octanol–water partition coefficient (Wildman–Crippen LogP) is 2.98. The zero-order chi connectivity index (χ0) is 17.1. The monoisotopic (exact) mass is 345 g/mol. The lowest BCUT2D eigenvalue weighted by Gasteiger charge is -2.30. The lowest BCUT2D eigenvalue weighted by molar-refractivity contribution is 0.100. The first-order chi connectivity index (χ1) is 11.5. The minimum absolute atomic E-state index is 0.162. The molecule has 0 unspecified atom stereocenters. The van der Waals surface area contributed by atoms with E-state index in [1.165, 1.54) is 24.4 Å². The maximum atomic E-state index is 11.7. The van der Waals surface area contributed by atoms with Crippen LogP contribution in [0.2, 0.25) is 0 Å². The van der Waals surface area contributed by atoms with Crippen LogP contribution in [0.5, 0.6) is 0 Å². The minimum Gasteiger partial charge on any atom is -0.381 e. The van der Waals surface area contributed by atoms with Crippen LogP contribution in [0.15, 0.2) is 24.3 Å². The van der Waals surface area contributed by atoms with Crippen molar-refractivity contribution in [2.24, 2.45) is 11.5 Å². The molecule has 24 heavy (non-hydrogen) atoms. The number of aromatic nitrogens is 1. The van der Waals surface area contributed by atoms with E-state index in [-0.39, 0.29) is 12.1 Å². The molecule has 1 aliphatic carbocycles. The van der Waals surface area contributed by atoms with Gasteiger partial charge in [0.25, 0.3) is 5.91 Å². The van der Waals surface area contributed by atoms with Crippen LogP contribution in [0.25, 0.3) is 0 Å². The number of carbonyl (C=O) groups excluding carboxylic acids is 1. The van der Waals surface area contributed by atoms with Crippen LogP contribution < -0.4 is 22.1 Å². The molecule has 128 valence electrons. The van der Waals surface area contributed by atoms with E-state index in [1.54, 1.807) is 6.07 Å². The molecule has 1 aromatic carbocycles. The molecule has 1 aromatic heterocycles. The minimum atomic E-state index is -0.459. The van der Waals surface area contributed by atoms with Crippen LogP contribution in [-0.4, -0.2) is 22.4 Å². The van der Waals surface area contributed by atoms with Gasteiger partial charge in [0.2, 0.25) is 0 Å². The van der Waals surface area contributed by atoms with E-state index in [4.69, 9.17) is 11.5 Å². The lowest BCUT2D eigenvalue weighted by Crippen LogP contribution is -2.42. The largest absolute Gasteiger partial charge is 0.381 e. The number of anilines is 3. The molecule has 6 nitrogen and oxygen atoms in total. The maximum Gasteiger partial charge on any atom is 0.250 e. The van der Waals surface area contributed by atoms with Crippen molar-refractivity contribution in [3.63, 3.8) is 0 Å². The van der Waals surface area contributed by atoms with Gasteiger partial charge in [-0.05, 0) is 55.6 Å². The van der Waals surface area contributed by atoms with Crippen LogP contribution in [0, 0.1) is 6.92 Å². The van der Waals surface area contributed by atoms with Crippen molar-refractivity contribution >= 4 is 33.8 Å². The molecule has 0 spiro atoms. The van der Waals surface area contributed by atoms with Crippen LogP contribution >= 0.6 is 11.5 Å². The highest BCUT2D eigenvalue weighted by Gasteiger charge is 2.22. The van der Waals surface area contributed by atoms with Gasteiger partial charge in [-0.2, -0.15) is 4.37 Å². The quantitative estimate of drug-likeness (QED) is 0.666. The summed E-state index contributed by atoms with van der Waals surface area (Å²) < 4.78 is 4.24. The Hall–Kier alpha value is -2.12. The van der Waals surface area contributed by atoms with Gasteiger partial charge in [0.1, 0.15) is 5.00 Å². The summed E-state index contributed by atoms with van der Waals surface area (Å²) in [4.78, 5) is 11.7. The Labute approximate surface area is 145 Å². The van der Waals surface area contributed by atoms with Gasteiger partial charge in [-0.25, -0.2) is 0 Å². The van der Waals surface area contributed by atoms with E-state index in [9.17, 15) is 4.79 Å². The topological polar surface area (TPSA) is 106 Å². The normalized spacial score (nSPS) is 20.6. The Bertz CT molecular complexity index is 730. The average Bonchev–Trinajstić information content (AvgIpc) is 2.94. The molecular formula is C17H23N5OS. The van der Waals surface area contributed by atoms with Gasteiger partial charge < -0.3 is 22.1 Å². The van der Waals surface area contributed by atoms with Crippen LogP contribution in [0.1, 0.15) is 41.7 Å². The van der Waals surface area contributed by atoms with Gasteiger partial charge in [0.15, 0.2) is 0 Å². The highest BCUT2D eigenvalue weighted by molar-refractivity contribution is 7.10. The number of carbonyl (C=O) groups is 1. The Kier molecular flexibility index (Phi) is 5.01. The molecule has 1 aliphatic rings. The number of hydrogen-bond donors (Lipinski definition) is 4. The molecule has 1 heterocycles. The standard InChI is InChI=1S/C17H23N5OS/c1-10-8-16(24-22-10)21-15-9-11(6-7-12(15)17(19)23)20-14-5-3-2-4-13(14)18/h6-9,13-14,20-21H,2-5,18H2,1H3,(H2,19,23)/t13-,14+/m0/s1. The maximum absolute atomic E-state index is 11.7. The van der Waals surface area contributed by atoms with E-state index < -0.39 is 5.91 Å². The third-order valence-electron chi connectivity index (χ3n) is 4.34. The first kappa shape index (κ1) is 16.7. The molecule has 1 saturated carbocycles. The molecule has 2 atom stereocenters. The molecule has 1 fully saturated rings. The summed E-state index contributed by atoms with van der Waals surface area (Å²) in [6.45, 7) is 1.93. The number of nitrogens with one attached hydrogen (secondary N) is 2. The highest BCUT2D eigenvalue weighted by atomic mass is 32.1. The van der Waals surface area contributed by atoms with E-state index in [0.29, 0.717) is 11.3 Å². The van der Waals surface area contributed by atoms with Crippen molar-refractivity contribution in [3.8, 4) is 0 Å². The van der Waals surface area contributed by atoms with Crippen molar-refractivity contribution in [2.75, 3.05) is 10.6 Å². The fourth-order valence-electron chi connectivity index (χ4n) is 3.06. The Morgan fingerprint density at radius 2 is 2.08 bits per heavy atom. The number of nitrogens with two attached hydrogens (primary N) is 2. The third kappa shape index (κ3) is 3.85. The predicted molar refractivity (Wildman–Crippen MR) is 98.9 cm³/mol. The van der Waals surface area contributed by atoms with E-state index in [0.717, 1.165) is 29.2 Å². The summed E-state index contributed by atoms with van der Waals surface area (Å²) in [5.41, 5.74) is 14.7. The zero-order valence-electron chi connectivity index (χ0n) is 13.7. The van der Waals surface area contributed by atoms with Gasteiger partial charge in [0, 0.05) is 17.8 Å². The molecule has 1 amide bonds. The van der Waals surface area contributed by atoms with Crippen LogP contribution in [-0.2, 0) is 0 Å². The first-order valence-corrected chi connectivity index (χ1v) is 8.96. The van der Waals surface area contributed by atoms with E-state index in [1.807, 2.05) is 25.1 Å². The van der Waals surface area contributed by atoms with Gasteiger partial charge in [-0.1, -0.05) is 12.8 Å². The lowest BCUT2D eigenvalue weighted by atomic mass is 9.91. The molecule has 7 heteroatoms. The molecule has 0 aliphatic heterocycles. The number of primary amides is 1. The first-order valence-electron chi connectivity index (χ1n) is 8.19. The van der Waals surface area contributed by atoms with Crippen molar-refractivity contribution in [2.45, 2.75) is 44.7 Å². The van der Waals surface area contributed by atoms with Crippen LogP contribution in [0.4, 0.5) is 16.4 Å². The second kappa shape index (κ2) is 7.19. The molecule has 0 saturated heterocycles. The molecular weight excluding hydrogens is 322 g/mol. The number of hydrogen-bond acceptors (Lipinski definition) is 6. The number of benzene rings is 1. The summed E-state index contributed by atoms with van der Waals surface area (Å²) in [7, 11) is 0. The van der Waals surface area contributed by atoms with Crippen LogP contribution in [0.3, 0.4) is 0 Å². The van der Waals surface area contributed by atoms with Crippen molar-refractivity contribution < 1.29 is 4.79 Å². The van der Waals surface area contributed by atoms with Crippen molar-refractivity contribution in [1.29, 1.82) is 0 Å². The van der Waals surface area contributed by atoms with Crippen molar-refractivity contribution in [3.05, 3.63) is 35.5 Å². The van der Waals surface area contributed by atoms with Crippen molar-refractivity contribution in [1.82, 2.24) is 4.37 Å². The van der Waals surface area contributed by atoms with Gasteiger partial charge in [-0.3, -0.25) is 4.79 Å². The molecule has 0 bridgehead atoms. The van der Waals surface area contributed by atoms with E-state index in [2.05, 4.69) is 15.0 Å². The summed E-state index contributed by atoms with van der Waals surface area (Å²) in [5.74, 6) is -0.459. The Balaban J connectivity index is 1.83. The third-order valence-corrected chi connectivity index (χ3v) is 5.14. The number of amides is 1. The van der Waals surface area contributed by atoms with Gasteiger partial charge >= 0.3 is 0 Å². The summed E-state index contributed by atoms with van der Waals surface area (Å²) in [6.07, 6.45) is 4.49. The molecule has 0 radical (unpaired) electrons. The van der Waals surface area contributed by atoms with E-state index >= 15 is 0 Å². The molecule has 6 N–H and O–H groups in total. The molecule has 3 rings (SSSR count).